The molecule has 0 unspecified atom stereocenters. The maximum Gasteiger partial charge on any atom is 0.351 e. The fourth-order valence-electron chi connectivity index (χ4n) is 2.80. The van der Waals surface area contributed by atoms with Crippen molar-refractivity contribution in [2.75, 3.05) is 24.2 Å². The second-order valence-electron chi connectivity index (χ2n) is 5.63. The zero-order valence-corrected chi connectivity index (χ0v) is 13.3. The van der Waals surface area contributed by atoms with Crippen molar-refractivity contribution < 1.29 is 24.8 Å². The van der Waals surface area contributed by atoms with Gasteiger partial charge in [0.1, 0.15) is 5.52 Å². The molecule has 3 rings (SSSR count). The molecule has 2 aromatic rings. The van der Waals surface area contributed by atoms with E-state index in [0.717, 1.165) is 24.0 Å². The molecule has 1 aromatic carbocycles. The molecule has 0 saturated heterocycles. The van der Waals surface area contributed by atoms with Gasteiger partial charge in [0.2, 0.25) is 0 Å². The summed E-state index contributed by atoms with van der Waals surface area (Å²) in [6, 6.07) is 4.37. The number of aliphatic carboxylic acids is 2. The van der Waals surface area contributed by atoms with E-state index in [1.54, 1.807) is 0 Å². The maximum atomic E-state index is 9.04. The van der Waals surface area contributed by atoms with Gasteiger partial charge in [-0.1, -0.05) is 6.07 Å². The first-order valence-electron chi connectivity index (χ1n) is 7.12. The number of aromatic nitrogens is 1. The first kappa shape index (κ1) is 16.5. The highest BCUT2D eigenvalue weighted by atomic mass is 16.4. The van der Waals surface area contributed by atoms with Crippen molar-refractivity contribution in [3.63, 3.8) is 0 Å². The molecule has 0 atom stereocenters. The third kappa shape index (κ3) is 3.18. The quantitative estimate of drug-likeness (QED) is 0.642. The number of pyridine rings is 1. The second kappa shape index (κ2) is 6.12. The minimum atomic E-state index is -2.07. The minimum absolute atomic E-state index is 0.949. The monoisotopic (exact) mass is 317 g/mol. The van der Waals surface area contributed by atoms with Gasteiger partial charge in [-0.05, 0) is 31.0 Å². The Kier molecular flexibility index (Phi) is 4.40. The molecule has 1 aliphatic rings. The van der Waals surface area contributed by atoms with Crippen molar-refractivity contribution >= 4 is 34.3 Å². The van der Waals surface area contributed by atoms with Crippen LogP contribution in [0.2, 0.25) is 0 Å². The van der Waals surface area contributed by atoms with Crippen molar-refractivity contribution in [1.29, 1.82) is 0 Å². The first-order chi connectivity index (χ1) is 10.7. The van der Waals surface area contributed by atoms with Crippen LogP contribution in [-0.2, 0) is 16.0 Å². The molecular weight excluding hydrogens is 298 g/mol. The Labute approximate surface area is 133 Å². The average Bonchev–Trinajstić information content (AvgIpc) is 2.83. The van der Waals surface area contributed by atoms with E-state index in [-0.39, 0.29) is 0 Å². The Morgan fingerprint density at radius 3 is 2.52 bits per heavy atom. The van der Waals surface area contributed by atoms with Gasteiger partial charge >= 0.3 is 5.97 Å². The van der Waals surface area contributed by atoms with E-state index < -0.39 is 11.9 Å². The number of aromatic amines is 1. The molecule has 0 aliphatic carbocycles. The fourth-order valence-corrected chi connectivity index (χ4v) is 2.80. The van der Waals surface area contributed by atoms with E-state index in [4.69, 9.17) is 25.5 Å². The number of aryl methyl sites for hydroxylation is 2. The smallest absolute Gasteiger partial charge is 0.351 e. The molecule has 7 nitrogen and oxygen atoms in total. The van der Waals surface area contributed by atoms with Crippen LogP contribution in [0, 0.1) is 13.8 Å². The van der Waals surface area contributed by atoms with Crippen LogP contribution >= 0.6 is 0 Å². The summed E-state index contributed by atoms with van der Waals surface area (Å²) in [4.78, 5) is 23.8. The molecule has 0 fully saturated rings. The molecule has 0 radical (unpaired) electrons. The number of carbonyl (C=O) groups excluding carboxylic acids is 1. The molecule has 122 valence electrons. The van der Waals surface area contributed by atoms with E-state index in [1.807, 2.05) is 0 Å². The minimum Gasteiger partial charge on any atom is -0.539 e. The van der Waals surface area contributed by atoms with Crippen molar-refractivity contribution in [3.05, 3.63) is 28.8 Å². The standard InChI is InChI=1S/C14H17N3.C2H2O4/c1-8-6-9(2)13-11(7-8)12(15)10-4-5-17(3)14(10)16-13;3-1(4)2(5)6/h6-7H,4-5H2,1-3H3,(H2,15,16);(H,3,4)(H,5,6). The number of benzene rings is 1. The number of hydrogen-bond acceptors (Lipinski definition) is 5. The lowest BCUT2D eigenvalue weighted by Crippen LogP contribution is -2.30. The summed E-state index contributed by atoms with van der Waals surface area (Å²) in [6.45, 7) is 5.29. The molecule has 0 spiro atoms. The maximum absolute atomic E-state index is 9.04. The van der Waals surface area contributed by atoms with Crippen molar-refractivity contribution in [1.82, 2.24) is 0 Å². The number of carboxylic acids is 2. The summed E-state index contributed by atoms with van der Waals surface area (Å²) in [7, 11) is 2.11. The van der Waals surface area contributed by atoms with Gasteiger partial charge in [-0.15, -0.1) is 0 Å². The van der Waals surface area contributed by atoms with Crippen molar-refractivity contribution in [2.45, 2.75) is 20.3 Å². The van der Waals surface area contributed by atoms with Gasteiger partial charge in [-0.25, -0.2) is 9.78 Å². The largest absolute Gasteiger partial charge is 0.539 e. The third-order valence-electron chi connectivity index (χ3n) is 3.88. The molecule has 2 heterocycles. The Bertz CT molecular complexity index is 790. The van der Waals surface area contributed by atoms with Gasteiger partial charge in [-0.3, -0.25) is 4.90 Å². The molecule has 1 aromatic heterocycles. The van der Waals surface area contributed by atoms with Crippen LogP contribution in [0.1, 0.15) is 16.7 Å². The van der Waals surface area contributed by atoms with Gasteiger partial charge in [0, 0.05) is 11.8 Å². The van der Waals surface area contributed by atoms with Crippen molar-refractivity contribution in [3.8, 4) is 0 Å². The van der Waals surface area contributed by atoms with E-state index >= 15 is 0 Å². The lowest BCUT2D eigenvalue weighted by Gasteiger charge is -2.09. The van der Waals surface area contributed by atoms with Gasteiger partial charge in [0.15, 0.2) is 5.97 Å². The summed E-state index contributed by atoms with van der Waals surface area (Å²) in [5.74, 6) is -2.83. The number of likely N-dealkylation sites (N-methyl/N-ethyl adjacent to an activating group) is 1. The summed E-state index contributed by atoms with van der Waals surface area (Å²) in [5, 5.41) is 17.5. The number of nitrogens with two attached hydrogens (primary N) is 1. The molecule has 7 heteroatoms. The third-order valence-corrected chi connectivity index (χ3v) is 3.88. The van der Waals surface area contributed by atoms with E-state index in [9.17, 15) is 0 Å². The van der Waals surface area contributed by atoms with E-state index in [0.29, 0.717) is 0 Å². The van der Waals surface area contributed by atoms with Gasteiger partial charge in [0.05, 0.1) is 24.8 Å². The molecule has 0 saturated carbocycles. The fraction of sp³-hybridized carbons (Fsp3) is 0.312. The normalized spacial score (nSPS) is 12.6. The van der Waals surface area contributed by atoms with Gasteiger partial charge in [-0.2, -0.15) is 0 Å². The topological polar surface area (TPSA) is 121 Å². The van der Waals surface area contributed by atoms with E-state index in [2.05, 4.69) is 42.9 Å². The predicted octanol–water partition coefficient (Wildman–Crippen LogP) is -0.334. The highest BCUT2D eigenvalue weighted by Crippen LogP contribution is 2.33. The molecular formula is C16H19N3O4. The van der Waals surface area contributed by atoms with Crippen LogP contribution in [0.4, 0.5) is 11.5 Å². The number of carboxylic acid groups (broad SMARTS) is 2. The van der Waals surface area contributed by atoms with Crippen molar-refractivity contribution in [2.24, 2.45) is 0 Å². The highest BCUT2D eigenvalue weighted by Gasteiger charge is 2.28. The van der Waals surface area contributed by atoms with E-state index in [1.165, 1.54) is 28.0 Å². The number of nitrogen functional groups attached to an aromatic ring is 1. The van der Waals surface area contributed by atoms with Crippen LogP contribution in [0.25, 0.3) is 10.9 Å². The first-order valence-corrected chi connectivity index (χ1v) is 7.12. The average molecular weight is 317 g/mol. The lowest BCUT2D eigenvalue weighted by atomic mass is 10.0. The Hall–Kier alpha value is -2.83. The molecule has 0 amide bonds. The van der Waals surface area contributed by atoms with Crippen LogP contribution in [0.15, 0.2) is 12.1 Å². The number of nitrogens with one attached hydrogen (secondary N) is 1. The summed E-state index contributed by atoms with van der Waals surface area (Å²) in [5.41, 5.74) is 12.2. The van der Waals surface area contributed by atoms with Crippen LogP contribution in [0.3, 0.4) is 0 Å². The SMILES string of the molecule is Cc1cc(C)c2[nH+]c3c(c(N)c2c1)CCN3C.O=C([O-])C(=O)O. The summed E-state index contributed by atoms with van der Waals surface area (Å²) < 4.78 is 0. The molecule has 4 N–H and O–H groups in total. The Morgan fingerprint density at radius 2 is 1.96 bits per heavy atom. The number of rotatable bonds is 0. The van der Waals surface area contributed by atoms with Crippen LogP contribution in [-0.4, -0.2) is 30.6 Å². The summed E-state index contributed by atoms with van der Waals surface area (Å²) in [6.07, 6.45) is 1.04. The lowest BCUT2D eigenvalue weighted by molar-refractivity contribution is -0.330. The van der Waals surface area contributed by atoms with Gasteiger partial charge < -0.3 is 20.7 Å². The van der Waals surface area contributed by atoms with Crippen LogP contribution < -0.4 is 20.7 Å². The number of H-pyrrole nitrogens is 1. The summed E-state index contributed by atoms with van der Waals surface area (Å²) >= 11 is 0. The predicted molar refractivity (Wildman–Crippen MR) is 84.0 cm³/mol. The second-order valence-corrected chi connectivity index (χ2v) is 5.63. The Morgan fingerprint density at radius 1 is 1.35 bits per heavy atom. The highest BCUT2D eigenvalue weighted by molar-refractivity contribution is 6.26. The zero-order chi connectivity index (χ0) is 17.3. The van der Waals surface area contributed by atoms with Crippen LogP contribution in [0.5, 0.6) is 0 Å². The number of nitrogens with zero attached hydrogens (tertiary/aromatic N) is 1. The zero-order valence-electron chi connectivity index (χ0n) is 13.3. The number of hydrogen-bond donors (Lipinski definition) is 2. The Balaban J connectivity index is 0.000000277. The molecule has 1 aliphatic heterocycles. The molecule has 23 heavy (non-hydrogen) atoms. The van der Waals surface area contributed by atoms with Gasteiger partial charge in [0.25, 0.3) is 5.82 Å². The number of fused-ring (bicyclic) bond motifs is 2. The number of carbonyl (C=O) groups is 2. The number of anilines is 2. The molecule has 0 bridgehead atoms.